The first kappa shape index (κ1) is 19.7. The van der Waals surface area contributed by atoms with Gasteiger partial charge >= 0.3 is 11.7 Å². The molecule has 5 rings (SSSR count). The molecule has 10 heteroatoms. The molecule has 0 radical (unpaired) electrons. The van der Waals surface area contributed by atoms with Crippen LogP contribution in [0.1, 0.15) is 18.9 Å². The highest BCUT2D eigenvalue weighted by atomic mass is 16.2. The number of urea groups is 1. The Balaban J connectivity index is 1.29. The molecule has 0 spiro atoms. The van der Waals surface area contributed by atoms with Crippen LogP contribution in [0.3, 0.4) is 0 Å². The number of imidazole rings is 1. The van der Waals surface area contributed by atoms with Gasteiger partial charge < -0.3 is 15.2 Å². The predicted octanol–water partition coefficient (Wildman–Crippen LogP) is 2.34. The number of pyridine rings is 3. The highest BCUT2D eigenvalue weighted by molar-refractivity contribution is 5.90. The number of carbonyl (C=O) groups excluding carboxylic acids is 1. The van der Waals surface area contributed by atoms with Gasteiger partial charge in [-0.2, -0.15) is 0 Å². The third-order valence-electron chi connectivity index (χ3n) is 5.75. The number of aromatic amines is 2. The number of fused-ring (bicyclic) bond motifs is 1. The maximum atomic E-state index is 12.8. The first-order valence-corrected chi connectivity index (χ1v) is 10.3. The quantitative estimate of drug-likeness (QED) is 0.459. The third kappa shape index (κ3) is 3.66. The second-order valence-electron chi connectivity index (χ2n) is 7.69. The van der Waals surface area contributed by atoms with E-state index >= 15 is 0 Å². The fourth-order valence-corrected chi connectivity index (χ4v) is 4.12. The average Bonchev–Trinajstić information content (AvgIpc) is 3.16. The summed E-state index contributed by atoms with van der Waals surface area (Å²) in [5.41, 5.74) is 2.51. The number of piperidine rings is 1. The largest absolute Gasteiger partial charge is 0.327 e. The Labute approximate surface area is 182 Å². The molecule has 2 amide bonds. The summed E-state index contributed by atoms with van der Waals surface area (Å²) < 4.78 is 1.72. The van der Waals surface area contributed by atoms with E-state index in [0.717, 1.165) is 16.6 Å². The van der Waals surface area contributed by atoms with Crippen LogP contribution < -0.4 is 16.6 Å². The van der Waals surface area contributed by atoms with Crippen molar-refractivity contribution in [3.63, 3.8) is 0 Å². The molecule has 1 saturated heterocycles. The number of H-pyrrole nitrogens is 2. The monoisotopic (exact) mass is 431 g/mol. The number of nitrogens with one attached hydrogen (secondary N) is 3. The van der Waals surface area contributed by atoms with Gasteiger partial charge in [0.25, 0.3) is 5.56 Å². The van der Waals surface area contributed by atoms with E-state index in [1.54, 1.807) is 52.5 Å². The summed E-state index contributed by atoms with van der Waals surface area (Å²) in [5.74, 6) is 0. The van der Waals surface area contributed by atoms with Gasteiger partial charge in [0.05, 0.1) is 5.52 Å². The minimum absolute atomic E-state index is 0.0261. The summed E-state index contributed by atoms with van der Waals surface area (Å²) in [5, 5.41) is 2.72. The molecule has 1 aliphatic rings. The second-order valence-corrected chi connectivity index (χ2v) is 7.69. The Bertz CT molecular complexity index is 1380. The molecule has 1 fully saturated rings. The summed E-state index contributed by atoms with van der Waals surface area (Å²) >= 11 is 0. The van der Waals surface area contributed by atoms with E-state index in [-0.39, 0.29) is 29.0 Å². The molecule has 0 aliphatic carbocycles. The SMILES string of the molecule is O=C(Nc1cc(-c2cccnc2)c[nH]c1=O)N1CCC(n2c(=O)[nH]c3ncccc32)CC1. The van der Waals surface area contributed by atoms with E-state index in [1.165, 1.54) is 0 Å². The zero-order chi connectivity index (χ0) is 22.1. The zero-order valence-corrected chi connectivity index (χ0v) is 17.1. The predicted molar refractivity (Wildman–Crippen MR) is 120 cm³/mol. The Morgan fingerprint density at radius 1 is 1.09 bits per heavy atom. The van der Waals surface area contributed by atoms with Crippen molar-refractivity contribution in [2.45, 2.75) is 18.9 Å². The number of amides is 2. The van der Waals surface area contributed by atoms with Crippen molar-refractivity contribution in [3.05, 3.63) is 76.0 Å². The van der Waals surface area contributed by atoms with E-state index in [9.17, 15) is 14.4 Å². The molecule has 1 aliphatic heterocycles. The van der Waals surface area contributed by atoms with Gasteiger partial charge in [0, 0.05) is 55.0 Å². The van der Waals surface area contributed by atoms with Gasteiger partial charge in [-0.05, 0) is 37.1 Å². The number of anilines is 1. The fraction of sp³-hybridized carbons (Fsp3) is 0.227. The van der Waals surface area contributed by atoms with E-state index in [2.05, 4.69) is 25.3 Å². The Hall–Kier alpha value is -4.21. The van der Waals surface area contributed by atoms with Crippen LogP contribution in [0.5, 0.6) is 0 Å². The number of carbonyl (C=O) groups is 1. The normalized spacial score (nSPS) is 14.6. The van der Waals surface area contributed by atoms with Crippen molar-refractivity contribution in [3.8, 4) is 11.1 Å². The fourth-order valence-electron chi connectivity index (χ4n) is 4.12. The summed E-state index contributed by atoms with van der Waals surface area (Å²) in [6.45, 7) is 0.937. The number of aromatic nitrogens is 5. The van der Waals surface area contributed by atoms with Crippen molar-refractivity contribution in [2.75, 3.05) is 18.4 Å². The number of rotatable bonds is 3. The van der Waals surface area contributed by atoms with Crippen molar-refractivity contribution in [1.82, 2.24) is 29.4 Å². The molecule has 4 aromatic rings. The molecule has 0 aromatic carbocycles. The number of likely N-dealkylation sites (tertiary alicyclic amines) is 1. The lowest BCUT2D eigenvalue weighted by atomic mass is 10.0. The molecule has 162 valence electrons. The maximum absolute atomic E-state index is 12.8. The van der Waals surface area contributed by atoms with E-state index in [1.807, 2.05) is 12.1 Å². The minimum atomic E-state index is -0.376. The number of hydrogen-bond donors (Lipinski definition) is 3. The Morgan fingerprint density at radius 3 is 2.69 bits per heavy atom. The molecule has 3 N–H and O–H groups in total. The topological polar surface area (TPSA) is 129 Å². The van der Waals surface area contributed by atoms with Gasteiger partial charge in [-0.1, -0.05) is 6.07 Å². The summed E-state index contributed by atoms with van der Waals surface area (Å²) in [7, 11) is 0. The van der Waals surface area contributed by atoms with Crippen LogP contribution in [0.2, 0.25) is 0 Å². The molecular formula is C22H21N7O3. The summed E-state index contributed by atoms with van der Waals surface area (Å²) in [6, 6.07) is 8.61. The van der Waals surface area contributed by atoms with Crippen molar-refractivity contribution in [2.24, 2.45) is 0 Å². The zero-order valence-electron chi connectivity index (χ0n) is 17.1. The van der Waals surface area contributed by atoms with Crippen LogP contribution in [-0.2, 0) is 0 Å². The molecular weight excluding hydrogens is 410 g/mol. The van der Waals surface area contributed by atoms with Crippen molar-refractivity contribution >= 4 is 22.9 Å². The maximum Gasteiger partial charge on any atom is 0.327 e. The minimum Gasteiger partial charge on any atom is -0.327 e. The van der Waals surface area contributed by atoms with Gasteiger partial charge in [-0.3, -0.25) is 19.3 Å². The van der Waals surface area contributed by atoms with Crippen LogP contribution >= 0.6 is 0 Å². The average molecular weight is 431 g/mol. The highest BCUT2D eigenvalue weighted by Gasteiger charge is 2.26. The lowest BCUT2D eigenvalue weighted by Gasteiger charge is -2.32. The number of hydrogen-bond acceptors (Lipinski definition) is 5. The van der Waals surface area contributed by atoms with Gasteiger partial charge in [0.2, 0.25) is 0 Å². The van der Waals surface area contributed by atoms with Crippen LogP contribution in [0.15, 0.2) is 64.7 Å². The molecule has 0 unspecified atom stereocenters. The standard InChI is InChI=1S/C22H21N7O3/c30-20-17(11-15(13-25-20)14-3-1-7-23-12-14)26-21(31)28-9-5-16(6-10-28)29-18-4-2-8-24-19(18)27-22(29)32/h1-4,7-8,11-13,16H,5-6,9-10H2,(H,25,30)(H,26,31)(H,24,27,32). The van der Waals surface area contributed by atoms with Gasteiger partial charge in [-0.25, -0.2) is 14.6 Å². The van der Waals surface area contributed by atoms with Crippen molar-refractivity contribution in [1.29, 1.82) is 0 Å². The van der Waals surface area contributed by atoms with Gasteiger partial charge in [0.15, 0.2) is 5.65 Å². The van der Waals surface area contributed by atoms with E-state index < -0.39 is 0 Å². The summed E-state index contributed by atoms with van der Waals surface area (Å²) in [6.07, 6.45) is 7.84. The van der Waals surface area contributed by atoms with Crippen LogP contribution in [0.25, 0.3) is 22.3 Å². The Kier molecular flexibility index (Phi) is 5.02. The van der Waals surface area contributed by atoms with E-state index in [4.69, 9.17) is 0 Å². The lowest BCUT2D eigenvalue weighted by molar-refractivity contribution is 0.184. The smallest absolute Gasteiger partial charge is 0.327 e. The van der Waals surface area contributed by atoms with E-state index in [0.29, 0.717) is 31.6 Å². The van der Waals surface area contributed by atoms with Crippen molar-refractivity contribution < 1.29 is 4.79 Å². The summed E-state index contributed by atoms with van der Waals surface area (Å²) in [4.78, 5) is 52.8. The van der Waals surface area contributed by atoms with Crippen LogP contribution in [0, 0.1) is 0 Å². The molecule has 32 heavy (non-hydrogen) atoms. The molecule has 0 saturated carbocycles. The second kappa shape index (κ2) is 8.14. The lowest BCUT2D eigenvalue weighted by Crippen LogP contribution is -2.43. The molecule has 0 atom stereocenters. The van der Waals surface area contributed by atoms with Crippen LogP contribution in [-0.4, -0.2) is 48.5 Å². The van der Waals surface area contributed by atoms with Gasteiger partial charge in [-0.15, -0.1) is 0 Å². The highest BCUT2D eigenvalue weighted by Crippen LogP contribution is 2.25. The molecule has 4 aromatic heterocycles. The third-order valence-corrected chi connectivity index (χ3v) is 5.75. The van der Waals surface area contributed by atoms with Crippen LogP contribution in [0.4, 0.5) is 10.5 Å². The first-order valence-electron chi connectivity index (χ1n) is 10.3. The number of nitrogens with zero attached hydrogens (tertiary/aromatic N) is 4. The molecule has 10 nitrogen and oxygen atoms in total. The Morgan fingerprint density at radius 2 is 1.91 bits per heavy atom. The molecule has 0 bridgehead atoms. The van der Waals surface area contributed by atoms with Gasteiger partial charge in [0.1, 0.15) is 5.69 Å². The first-order chi connectivity index (χ1) is 15.6. The molecule has 5 heterocycles.